The summed E-state index contributed by atoms with van der Waals surface area (Å²) < 4.78 is 10.8. The van der Waals surface area contributed by atoms with Crippen LogP contribution in [0.4, 0.5) is 0 Å². The van der Waals surface area contributed by atoms with Crippen LogP contribution in [0.2, 0.25) is 23.2 Å². The van der Waals surface area contributed by atoms with Gasteiger partial charge >= 0.3 is 5.97 Å². The lowest BCUT2D eigenvalue weighted by atomic mass is 10.3. The average Bonchev–Trinajstić information content (AvgIpc) is 2.48. The summed E-state index contributed by atoms with van der Waals surface area (Å²) in [6, 6.07) is 10.4. The van der Waals surface area contributed by atoms with Gasteiger partial charge in [-0.1, -0.05) is 50.5 Å². The molecule has 0 aliphatic heterocycles. The molecule has 0 aliphatic rings. The summed E-state index contributed by atoms with van der Waals surface area (Å²) in [6.45, 7) is 6.52. The Balaban J connectivity index is 2.38. The van der Waals surface area contributed by atoms with Crippen molar-refractivity contribution in [3.05, 3.63) is 29.3 Å². The first-order valence-corrected chi connectivity index (χ1v) is 10.3. The van der Waals surface area contributed by atoms with Gasteiger partial charge in [0.05, 0.1) is 14.3 Å². The normalized spacial score (nSPS) is 11.2. The molecular weight excluding hydrogens is 292 g/mol. The lowest BCUT2D eigenvalue weighted by molar-refractivity contribution is -0.144. The molecule has 0 saturated carbocycles. The van der Waals surface area contributed by atoms with E-state index in [1.54, 1.807) is 24.3 Å². The molecule has 0 saturated heterocycles. The Bertz CT molecular complexity index is 407. The van der Waals surface area contributed by atoms with Gasteiger partial charge in [-0.25, -0.2) is 4.79 Å². The van der Waals surface area contributed by atoms with Crippen LogP contribution in [-0.4, -0.2) is 26.9 Å². The lowest BCUT2D eigenvalue weighted by Gasteiger charge is -2.26. The highest BCUT2D eigenvalue weighted by atomic mass is 35.5. The molecule has 0 fully saturated rings. The zero-order chi connectivity index (χ0) is 15.0. The van der Waals surface area contributed by atoms with Gasteiger partial charge in [-0.15, -0.1) is 0 Å². The summed E-state index contributed by atoms with van der Waals surface area (Å²) in [7, 11) is -1.41. The third-order valence-electron chi connectivity index (χ3n) is 3.96. The molecule has 5 heteroatoms. The number of hydrogen-bond donors (Lipinski definition) is 0. The van der Waals surface area contributed by atoms with Gasteiger partial charge in [0.15, 0.2) is 6.61 Å². The Morgan fingerprint density at radius 1 is 1.10 bits per heavy atom. The minimum Gasteiger partial charge on any atom is -0.482 e. The number of rotatable bonds is 8. The van der Waals surface area contributed by atoms with Gasteiger partial charge in [-0.3, -0.25) is 0 Å². The van der Waals surface area contributed by atoms with Crippen molar-refractivity contribution in [3.63, 3.8) is 0 Å². The average molecular weight is 315 g/mol. The molecular formula is C15H23ClO3Si. The van der Waals surface area contributed by atoms with Crippen LogP contribution in [-0.2, 0) is 9.53 Å². The highest BCUT2D eigenvalue weighted by molar-refractivity contribution is 6.79. The standard InChI is InChI=1S/C15H23ClO3Si/c1-4-20(5-2,6-3)12-19-15(17)11-18-14-9-7-13(16)8-10-14/h7-10H,4-6,11-12H2,1-3H3. The second-order valence-corrected chi connectivity index (χ2v) is 10.8. The minimum absolute atomic E-state index is 0.0523. The molecule has 1 rings (SSSR count). The first-order valence-electron chi connectivity index (χ1n) is 7.09. The van der Waals surface area contributed by atoms with Crippen molar-refractivity contribution in [1.29, 1.82) is 0 Å². The summed E-state index contributed by atoms with van der Waals surface area (Å²) in [4.78, 5) is 11.7. The quantitative estimate of drug-likeness (QED) is 0.530. The van der Waals surface area contributed by atoms with E-state index in [9.17, 15) is 4.79 Å². The molecule has 0 aromatic heterocycles. The van der Waals surface area contributed by atoms with Gasteiger partial charge < -0.3 is 9.47 Å². The zero-order valence-electron chi connectivity index (χ0n) is 12.4. The molecule has 20 heavy (non-hydrogen) atoms. The van der Waals surface area contributed by atoms with Crippen LogP contribution >= 0.6 is 11.6 Å². The summed E-state index contributed by atoms with van der Waals surface area (Å²) in [5.74, 6) is 0.323. The van der Waals surface area contributed by atoms with Crippen molar-refractivity contribution in [1.82, 2.24) is 0 Å². The summed E-state index contributed by atoms with van der Waals surface area (Å²) in [5, 5.41) is 0.643. The molecule has 112 valence electrons. The molecule has 0 radical (unpaired) electrons. The summed E-state index contributed by atoms with van der Waals surface area (Å²) in [6.07, 6.45) is 0.597. The highest BCUT2D eigenvalue weighted by Crippen LogP contribution is 2.20. The van der Waals surface area contributed by atoms with E-state index >= 15 is 0 Å². The second-order valence-electron chi connectivity index (χ2n) is 4.96. The van der Waals surface area contributed by atoms with Gasteiger partial charge in [-0.2, -0.15) is 0 Å². The van der Waals surface area contributed by atoms with E-state index < -0.39 is 8.07 Å². The minimum atomic E-state index is -1.41. The van der Waals surface area contributed by atoms with E-state index in [2.05, 4.69) is 20.8 Å². The number of carbonyl (C=O) groups excluding carboxylic acids is 1. The number of esters is 1. The van der Waals surface area contributed by atoms with Crippen molar-refractivity contribution in [2.75, 3.05) is 12.8 Å². The van der Waals surface area contributed by atoms with Gasteiger partial charge in [0, 0.05) is 5.02 Å². The number of ether oxygens (including phenoxy) is 2. The van der Waals surface area contributed by atoms with Crippen molar-refractivity contribution >= 4 is 25.6 Å². The zero-order valence-corrected chi connectivity index (χ0v) is 14.2. The maximum Gasteiger partial charge on any atom is 0.343 e. The second kappa shape index (κ2) is 8.32. The fourth-order valence-electron chi connectivity index (χ4n) is 2.00. The summed E-state index contributed by atoms with van der Waals surface area (Å²) in [5.41, 5.74) is 0. The molecule has 1 aromatic rings. The molecule has 3 nitrogen and oxygen atoms in total. The lowest BCUT2D eigenvalue weighted by Crippen LogP contribution is -2.39. The Hall–Kier alpha value is -1.00. The van der Waals surface area contributed by atoms with Crippen LogP contribution < -0.4 is 4.74 Å². The molecule has 0 N–H and O–H groups in total. The van der Waals surface area contributed by atoms with Gasteiger partial charge in [-0.05, 0) is 24.3 Å². The first kappa shape index (κ1) is 17.0. The third-order valence-corrected chi connectivity index (χ3v) is 9.47. The van der Waals surface area contributed by atoms with E-state index in [4.69, 9.17) is 21.1 Å². The van der Waals surface area contributed by atoms with Crippen LogP contribution in [0.25, 0.3) is 0 Å². The predicted molar refractivity (Wildman–Crippen MR) is 85.1 cm³/mol. The Kier molecular flexibility index (Phi) is 7.09. The molecule has 0 bridgehead atoms. The monoisotopic (exact) mass is 314 g/mol. The van der Waals surface area contributed by atoms with Crippen LogP contribution in [0.15, 0.2) is 24.3 Å². The number of halogens is 1. The fraction of sp³-hybridized carbons (Fsp3) is 0.533. The van der Waals surface area contributed by atoms with E-state index in [1.807, 2.05) is 0 Å². The van der Waals surface area contributed by atoms with Crippen LogP contribution in [0.5, 0.6) is 5.75 Å². The van der Waals surface area contributed by atoms with Gasteiger partial charge in [0.25, 0.3) is 0 Å². The third kappa shape index (κ3) is 5.17. The molecule has 0 atom stereocenters. The highest BCUT2D eigenvalue weighted by Gasteiger charge is 2.28. The molecule has 0 heterocycles. The van der Waals surface area contributed by atoms with Crippen molar-refractivity contribution in [2.45, 2.75) is 38.9 Å². The van der Waals surface area contributed by atoms with Crippen molar-refractivity contribution in [2.24, 2.45) is 0 Å². The molecule has 1 aromatic carbocycles. The Morgan fingerprint density at radius 3 is 2.15 bits per heavy atom. The topological polar surface area (TPSA) is 35.5 Å². The van der Waals surface area contributed by atoms with E-state index in [0.717, 1.165) is 18.1 Å². The fourth-order valence-corrected chi connectivity index (χ4v) is 4.71. The smallest absolute Gasteiger partial charge is 0.343 e. The van der Waals surface area contributed by atoms with E-state index in [-0.39, 0.29) is 12.6 Å². The van der Waals surface area contributed by atoms with Crippen molar-refractivity contribution < 1.29 is 14.3 Å². The molecule has 0 aliphatic carbocycles. The Morgan fingerprint density at radius 2 is 1.65 bits per heavy atom. The van der Waals surface area contributed by atoms with Gasteiger partial charge in [0.1, 0.15) is 5.75 Å². The molecule has 0 unspecified atom stereocenters. The van der Waals surface area contributed by atoms with Crippen LogP contribution in [0.3, 0.4) is 0 Å². The number of hydrogen-bond acceptors (Lipinski definition) is 3. The maximum absolute atomic E-state index is 11.7. The number of carbonyl (C=O) groups is 1. The first-order chi connectivity index (χ1) is 9.55. The van der Waals surface area contributed by atoms with Gasteiger partial charge in [0.2, 0.25) is 0 Å². The Labute approximate surface area is 127 Å². The summed E-state index contributed by atoms with van der Waals surface area (Å²) >= 11 is 5.78. The number of benzene rings is 1. The SMILES string of the molecule is CC[Si](CC)(CC)COC(=O)COc1ccc(Cl)cc1. The molecule has 0 spiro atoms. The van der Waals surface area contributed by atoms with Crippen LogP contribution in [0.1, 0.15) is 20.8 Å². The predicted octanol–water partition coefficient (Wildman–Crippen LogP) is 4.31. The van der Waals surface area contributed by atoms with E-state index in [1.165, 1.54) is 0 Å². The maximum atomic E-state index is 11.7. The van der Waals surface area contributed by atoms with E-state index in [0.29, 0.717) is 17.0 Å². The van der Waals surface area contributed by atoms with Crippen LogP contribution in [0, 0.1) is 0 Å². The largest absolute Gasteiger partial charge is 0.482 e. The van der Waals surface area contributed by atoms with Crippen molar-refractivity contribution in [3.8, 4) is 5.75 Å². The molecule has 0 amide bonds.